The summed E-state index contributed by atoms with van der Waals surface area (Å²) < 4.78 is 216. The number of aliphatic hydroxyl groups excluding tert-OH is 2. The molecule has 0 aromatic carbocycles. The van der Waals surface area contributed by atoms with Crippen LogP contribution in [0.25, 0.3) is 0 Å². The molecule has 0 heterocycles. The third kappa shape index (κ3) is 8.48. The first-order valence-electron chi connectivity index (χ1n) is 6.72. The van der Waals surface area contributed by atoms with E-state index in [0.717, 1.165) is 0 Å². The molecule has 24 heteroatoms. The van der Waals surface area contributed by atoms with Crippen LogP contribution in [0.15, 0.2) is 0 Å². The Kier molecular flexibility index (Phi) is 12.1. The summed E-state index contributed by atoms with van der Waals surface area (Å²) in [5.74, 6) is 0. The molecular weight excluding hydrogens is 566 g/mol. The molecule has 8 nitrogen and oxygen atoms in total. The van der Waals surface area contributed by atoms with Gasteiger partial charge in [-0.25, -0.2) is 8.78 Å². The van der Waals surface area contributed by atoms with Gasteiger partial charge >= 0.3 is 54.9 Å². The topological polar surface area (TPSA) is 149 Å². The highest BCUT2D eigenvalue weighted by molar-refractivity contribution is 7.87. The third-order valence-corrected chi connectivity index (χ3v) is 4.83. The van der Waals surface area contributed by atoms with E-state index in [4.69, 9.17) is 19.3 Å². The first-order chi connectivity index (χ1) is 13.9. The van der Waals surface area contributed by atoms with Crippen molar-refractivity contribution in [3.8, 4) is 0 Å². The molecule has 0 amide bonds. The first-order valence-corrected chi connectivity index (χ1v) is 9.60. The van der Waals surface area contributed by atoms with E-state index in [-0.39, 0.29) is 13.2 Å². The van der Waals surface area contributed by atoms with Gasteiger partial charge in [0.05, 0.1) is 0 Å². The van der Waals surface area contributed by atoms with Crippen LogP contribution < -0.4 is 0 Å². The molecule has 33 heavy (non-hydrogen) atoms. The van der Waals surface area contributed by atoms with Gasteiger partial charge in [0.1, 0.15) is 0 Å². The fourth-order valence-corrected chi connectivity index (χ4v) is 2.15. The Morgan fingerprint density at radius 3 is 0.606 bits per heavy atom. The zero-order valence-electron chi connectivity index (χ0n) is 14.7. The minimum absolute atomic E-state index is 0.0938. The second-order valence-corrected chi connectivity index (χ2v) is 7.96. The average Bonchev–Trinajstić information content (AvgIpc) is 2.48. The first kappa shape index (κ1) is 36.3. The van der Waals surface area contributed by atoms with Crippen molar-refractivity contribution in [2.75, 3.05) is 13.2 Å². The van der Waals surface area contributed by atoms with Crippen molar-refractivity contribution in [2.24, 2.45) is 0 Å². The fourth-order valence-electron chi connectivity index (χ4n) is 0.977. The van der Waals surface area contributed by atoms with Crippen LogP contribution in [-0.2, 0) is 20.2 Å². The zero-order chi connectivity index (χ0) is 28.1. The smallest absolute Gasteiger partial charge is 0.396 e. The van der Waals surface area contributed by atoms with Gasteiger partial charge in [0.15, 0.2) is 0 Å². The third-order valence-electron chi connectivity index (χ3n) is 2.49. The summed E-state index contributed by atoms with van der Waals surface area (Å²) in [6, 6.07) is 0. The van der Waals surface area contributed by atoms with Gasteiger partial charge in [0.2, 0.25) is 0 Å². The summed E-state index contributed by atoms with van der Waals surface area (Å²) in [4.78, 5) is 0. The predicted molar refractivity (Wildman–Crippen MR) is 73.8 cm³/mol. The number of rotatable bonds is 4. The predicted octanol–water partition coefficient (Wildman–Crippen LogP) is 2.69. The van der Waals surface area contributed by atoms with Crippen molar-refractivity contribution in [2.45, 2.75) is 41.1 Å². The molecule has 0 radical (unpaired) electrons. The molecule has 0 aliphatic heterocycles. The average molecular weight is 576 g/mol. The molecule has 0 spiro atoms. The SMILES string of the molecule is O=S(=O)(O)C(F)(C(F)(F)F)C(F)(F)F.O=S(=O)(O)C(F)(C(F)(F)F)C(F)(F)F.OCCCO. The van der Waals surface area contributed by atoms with Crippen LogP contribution >= 0.6 is 0 Å². The molecule has 0 bridgehead atoms. The van der Waals surface area contributed by atoms with Crippen LogP contribution in [0.1, 0.15) is 6.42 Å². The Morgan fingerprint density at radius 2 is 0.606 bits per heavy atom. The Labute approximate surface area is 173 Å². The maximum atomic E-state index is 12.2. The van der Waals surface area contributed by atoms with Crippen molar-refractivity contribution in [3.63, 3.8) is 0 Å². The van der Waals surface area contributed by atoms with Gasteiger partial charge in [-0.1, -0.05) is 0 Å². The van der Waals surface area contributed by atoms with Gasteiger partial charge in [0.25, 0.3) is 0 Å². The molecule has 204 valence electrons. The number of alkyl halides is 14. The highest BCUT2D eigenvalue weighted by Gasteiger charge is 2.81. The highest BCUT2D eigenvalue weighted by Crippen LogP contribution is 2.50. The monoisotopic (exact) mass is 576 g/mol. The van der Waals surface area contributed by atoms with Crippen LogP contribution in [0.3, 0.4) is 0 Å². The van der Waals surface area contributed by atoms with Crippen molar-refractivity contribution < 1.29 is 97.6 Å². The van der Waals surface area contributed by atoms with E-state index in [1.165, 1.54) is 0 Å². The number of hydrogen-bond donors (Lipinski definition) is 4. The molecule has 0 saturated heterocycles. The Bertz CT molecular complexity index is 712. The lowest BCUT2D eigenvalue weighted by Gasteiger charge is -2.26. The quantitative estimate of drug-likeness (QED) is 0.295. The van der Waals surface area contributed by atoms with E-state index in [0.29, 0.717) is 6.42 Å². The number of aliphatic hydroxyl groups is 2. The summed E-state index contributed by atoms with van der Waals surface area (Å²) >= 11 is 0. The van der Waals surface area contributed by atoms with Gasteiger partial charge in [0, 0.05) is 13.2 Å². The standard InChI is InChI=1S/2C3HF7O3S.C3H8O2/c2*4-1(2(5,6)7,3(8,9)10)14(11,12)13;4-2-1-3-5/h2*(H,11,12,13);4-5H,1-3H2. The van der Waals surface area contributed by atoms with E-state index >= 15 is 0 Å². The van der Waals surface area contributed by atoms with Gasteiger partial charge in [-0.3, -0.25) is 9.11 Å². The molecule has 0 fully saturated rings. The van der Waals surface area contributed by atoms with Gasteiger partial charge in [-0.2, -0.15) is 69.5 Å². The van der Waals surface area contributed by atoms with Gasteiger partial charge in [-0.05, 0) is 6.42 Å². The van der Waals surface area contributed by atoms with E-state index in [1.54, 1.807) is 0 Å². The molecule has 0 atom stereocenters. The van der Waals surface area contributed by atoms with Crippen LogP contribution in [0.5, 0.6) is 0 Å². The summed E-state index contributed by atoms with van der Waals surface area (Å²) in [6.07, 6.45) is -26.7. The Balaban J connectivity index is -0.000000453. The van der Waals surface area contributed by atoms with Crippen molar-refractivity contribution >= 4 is 20.2 Å². The molecule has 0 saturated carbocycles. The minimum atomic E-state index is -7.00. The molecule has 0 rings (SSSR count). The van der Waals surface area contributed by atoms with Crippen LogP contribution in [0.2, 0.25) is 0 Å². The number of halogens is 14. The normalized spacial score (nSPS) is 14.6. The lowest BCUT2D eigenvalue weighted by Crippen LogP contribution is -2.58. The largest absolute Gasteiger partial charge is 0.449 e. The van der Waals surface area contributed by atoms with Crippen LogP contribution in [0, 0.1) is 0 Å². The summed E-state index contributed by atoms with van der Waals surface area (Å²) in [6.45, 7) is 0.188. The van der Waals surface area contributed by atoms with E-state index in [2.05, 4.69) is 0 Å². The minimum Gasteiger partial charge on any atom is -0.396 e. The maximum Gasteiger partial charge on any atom is 0.449 e. The van der Waals surface area contributed by atoms with Gasteiger partial charge in [-0.15, -0.1) is 0 Å². The molecule has 0 aliphatic carbocycles. The molecule has 0 unspecified atom stereocenters. The molecule has 4 N–H and O–H groups in total. The maximum absolute atomic E-state index is 12.2. The second kappa shape index (κ2) is 11.0. The Hall–Kier alpha value is -1.24. The summed E-state index contributed by atoms with van der Waals surface area (Å²) in [5, 5.41) is 2.49. The van der Waals surface area contributed by atoms with E-state index in [9.17, 15) is 78.3 Å². The van der Waals surface area contributed by atoms with Crippen molar-refractivity contribution in [1.82, 2.24) is 0 Å². The second-order valence-electron chi connectivity index (χ2n) is 4.93. The molecular formula is C9H10F14O8S2. The molecule has 0 aliphatic rings. The Morgan fingerprint density at radius 1 is 0.455 bits per heavy atom. The lowest BCUT2D eigenvalue weighted by molar-refractivity contribution is -0.308. The molecule has 0 aromatic heterocycles. The lowest BCUT2D eigenvalue weighted by atomic mass is 10.3. The zero-order valence-corrected chi connectivity index (χ0v) is 16.3. The van der Waals surface area contributed by atoms with Crippen molar-refractivity contribution in [1.29, 1.82) is 0 Å². The molecule has 0 aromatic rings. The van der Waals surface area contributed by atoms with Crippen LogP contribution in [-0.4, -0.2) is 84.1 Å². The van der Waals surface area contributed by atoms with Crippen LogP contribution in [0.4, 0.5) is 61.5 Å². The van der Waals surface area contributed by atoms with Crippen molar-refractivity contribution in [3.05, 3.63) is 0 Å². The van der Waals surface area contributed by atoms with E-state index < -0.39 is 54.9 Å². The highest BCUT2D eigenvalue weighted by atomic mass is 32.2. The summed E-state index contributed by atoms with van der Waals surface area (Å²) in [5.41, 5.74) is 0. The van der Waals surface area contributed by atoms with E-state index in [1.807, 2.05) is 0 Å². The summed E-state index contributed by atoms with van der Waals surface area (Å²) in [7, 11) is -14.0. The fraction of sp³-hybridized carbons (Fsp3) is 1.00. The van der Waals surface area contributed by atoms with Gasteiger partial charge < -0.3 is 10.2 Å². The number of hydrogen-bond acceptors (Lipinski definition) is 6.